The Bertz CT molecular complexity index is 445. The van der Waals surface area contributed by atoms with Gasteiger partial charge in [-0.3, -0.25) is 9.69 Å². The van der Waals surface area contributed by atoms with E-state index in [1.54, 1.807) is 0 Å². The Balaban J connectivity index is 1.87. The number of benzene rings is 1. The van der Waals surface area contributed by atoms with Crippen molar-refractivity contribution in [3.05, 3.63) is 29.0 Å². The molecular weight excluding hydrogens is 267 g/mol. The van der Waals surface area contributed by atoms with Crippen LogP contribution in [0.1, 0.15) is 25.7 Å². The highest BCUT2D eigenvalue weighted by Crippen LogP contribution is 2.19. The Labute approximate surface area is 117 Å². The lowest BCUT2D eigenvalue weighted by Crippen LogP contribution is -2.33. The van der Waals surface area contributed by atoms with Crippen LogP contribution in [-0.4, -0.2) is 30.4 Å². The van der Waals surface area contributed by atoms with Crippen LogP contribution in [0.4, 0.5) is 10.1 Å². The second-order valence-corrected chi connectivity index (χ2v) is 5.27. The summed E-state index contributed by atoms with van der Waals surface area (Å²) < 4.78 is 13.0. The molecule has 1 fully saturated rings. The van der Waals surface area contributed by atoms with Crippen molar-refractivity contribution in [1.82, 2.24) is 4.90 Å². The van der Waals surface area contributed by atoms with E-state index in [1.165, 1.54) is 31.0 Å². The van der Waals surface area contributed by atoms with Gasteiger partial charge in [-0.05, 0) is 44.1 Å². The van der Waals surface area contributed by atoms with Crippen molar-refractivity contribution in [2.45, 2.75) is 25.7 Å². The van der Waals surface area contributed by atoms with Crippen molar-refractivity contribution < 1.29 is 9.18 Å². The second-order valence-electron chi connectivity index (χ2n) is 4.87. The van der Waals surface area contributed by atoms with E-state index in [9.17, 15) is 9.18 Å². The summed E-state index contributed by atoms with van der Waals surface area (Å²) >= 11 is 5.67. The van der Waals surface area contributed by atoms with Gasteiger partial charge in [-0.2, -0.15) is 0 Å². The average molecular weight is 285 g/mol. The molecule has 0 aliphatic carbocycles. The largest absolute Gasteiger partial charge is 0.325 e. The van der Waals surface area contributed by atoms with E-state index in [2.05, 4.69) is 10.2 Å². The highest BCUT2D eigenvalue weighted by atomic mass is 35.5. The van der Waals surface area contributed by atoms with E-state index in [0.29, 0.717) is 12.2 Å². The summed E-state index contributed by atoms with van der Waals surface area (Å²) in [5, 5.41) is 2.77. The van der Waals surface area contributed by atoms with Crippen LogP contribution in [-0.2, 0) is 4.79 Å². The van der Waals surface area contributed by atoms with E-state index in [1.807, 2.05) is 0 Å². The van der Waals surface area contributed by atoms with Crippen LogP contribution in [0.2, 0.25) is 5.02 Å². The summed E-state index contributed by atoms with van der Waals surface area (Å²) in [7, 11) is 0. The Morgan fingerprint density at radius 3 is 2.58 bits per heavy atom. The zero-order chi connectivity index (χ0) is 13.7. The monoisotopic (exact) mass is 284 g/mol. The van der Waals surface area contributed by atoms with Crippen molar-refractivity contribution in [3.8, 4) is 0 Å². The van der Waals surface area contributed by atoms with Gasteiger partial charge in [0.15, 0.2) is 0 Å². The summed E-state index contributed by atoms with van der Waals surface area (Å²) in [6.07, 6.45) is 4.78. The Morgan fingerprint density at radius 1 is 1.26 bits per heavy atom. The number of nitrogens with one attached hydrogen (secondary N) is 1. The first-order valence-corrected chi connectivity index (χ1v) is 7.00. The van der Waals surface area contributed by atoms with Crippen LogP contribution in [0.3, 0.4) is 0 Å². The molecule has 0 aromatic heterocycles. The number of hydrogen-bond donors (Lipinski definition) is 1. The molecule has 0 bridgehead atoms. The number of carbonyl (C=O) groups excluding carboxylic acids is 1. The number of hydrogen-bond acceptors (Lipinski definition) is 2. The van der Waals surface area contributed by atoms with Crippen LogP contribution in [0.25, 0.3) is 0 Å². The first kappa shape index (κ1) is 14.3. The van der Waals surface area contributed by atoms with Crippen molar-refractivity contribution in [1.29, 1.82) is 0 Å². The molecule has 0 unspecified atom stereocenters. The Hall–Kier alpha value is -1.13. The summed E-state index contributed by atoms with van der Waals surface area (Å²) in [6.45, 7) is 2.32. The fourth-order valence-corrected chi connectivity index (χ4v) is 2.45. The summed E-state index contributed by atoms with van der Waals surface area (Å²) in [6, 6.07) is 4.20. The van der Waals surface area contributed by atoms with Gasteiger partial charge in [0, 0.05) is 5.69 Å². The van der Waals surface area contributed by atoms with Crippen molar-refractivity contribution in [2.75, 3.05) is 25.0 Å². The van der Waals surface area contributed by atoms with E-state index in [0.717, 1.165) is 25.9 Å². The third-order valence-electron chi connectivity index (χ3n) is 3.27. The molecule has 1 aromatic rings. The first-order valence-electron chi connectivity index (χ1n) is 6.62. The average Bonchev–Trinajstić information content (AvgIpc) is 2.62. The minimum absolute atomic E-state index is 0.0209. The molecule has 1 saturated heterocycles. The highest BCUT2D eigenvalue weighted by Gasteiger charge is 2.13. The maximum Gasteiger partial charge on any atom is 0.238 e. The maximum absolute atomic E-state index is 13.0. The van der Waals surface area contributed by atoms with Crippen molar-refractivity contribution in [3.63, 3.8) is 0 Å². The molecule has 1 aliphatic rings. The third kappa shape index (κ3) is 4.48. The molecule has 1 heterocycles. The quantitative estimate of drug-likeness (QED) is 0.924. The van der Waals surface area contributed by atoms with E-state index in [-0.39, 0.29) is 10.9 Å². The molecule has 19 heavy (non-hydrogen) atoms. The van der Waals surface area contributed by atoms with Gasteiger partial charge in [-0.25, -0.2) is 4.39 Å². The van der Waals surface area contributed by atoms with Gasteiger partial charge in [-0.1, -0.05) is 24.4 Å². The predicted octanol–water partition coefficient (Wildman–Crippen LogP) is 3.29. The predicted molar refractivity (Wildman–Crippen MR) is 74.9 cm³/mol. The molecule has 1 aliphatic heterocycles. The van der Waals surface area contributed by atoms with Gasteiger partial charge < -0.3 is 5.32 Å². The lowest BCUT2D eigenvalue weighted by atomic mass is 10.2. The Morgan fingerprint density at radius 2 is 1.95 bits per heavy atom. The van der Waals surface area contributed by atoms with E-state index >= 15 is 0 Å². The lowest BCUT2D eigenvalue weighted by Gasteiger charge is -2.19. The molecule has 3 nitrogen and oxygen atoms in total. The van der Waals surface area contributed by atoms with Gasteiger partial charge in [0.05, 0.1) is 11.6 Å². The fraction of sp³-hybridized carbons (Fsp3) is 0.500. The maximum atomic E-state index is 13.0. The van der Waals surface area contributed by atoms with Crippen molar-refractivity contribution >= 4 is 23.2 Å². The topological polar surface area (TPSA) is 32.3 Å². The molecule has 2 rings (SSSR count). The van der Waals surface area contributed by atoms with Crippen LogP contribution in [0.5, 0.6) is 0 Å². The second kappa shape index (κ2) is 6.87. The molecule has 104 valence electrons. The first-order chi connectivity index (χ1) is 9.15. The molecule has 0 atom stereocenters. The van der Waals surface area contributed by atoms with Gasteiger partial charge in [0.25, 0.3) is 0 Å². The molecular formula is C14H18ClFN2O. The minimum Gasteiger partial charge on any atom is -0.325 e. The van der Waals surface area contributed by atoms with Crippen LogP contribution < -0.4 is 5.32 Å². The number of likely N-dealkylation sites (tertiary alicyclic amines) is 1. The summed E-state index contributed by atoms with van der Waals surface area (Å²) in [4.78, 5) is 14.1. The minimum atomic E-state index is -0.479. The van der Waals surface area contributed by atoms with Gasteiger partial charge >= 0.3 is 0 Å². The molecule has 1 amide bonds. The number of halogens is 2. The number of amides is 1. The smallest absolute Gasteiger partial charge is 0.238 e. The zero-order valence-corrected chi connectivity index (χ0v) is 11.5. The summed E-state index contributed by atoms with van der Waals surface area (Å²) in [5.41, 5.74) is 0.534. The SMILES string of the molecule is O=C(CN1CCCCCC1)Nc1ccc(F)c(Cl)c1. The van der Waals surface area contributed by atoms with Crippen LogP contribution in [0, 0.1) is 5.82 Å². The number of nitrogens with zero attached hydrogens (tertiary/aromatic N) is 1. The molecule has 0 saturated carbocycles. The lowest BCUT2D eigenvalue weighted by molar-refractivity contribution is -0.117. The molecule has 1 aromatic carbocycles. The van der Waals surface area contributed by atoms with E-state index < -0.39 is 5.82 Å². The van der Waals surface area contributed by atoms with Crippen LogP contribution in [0.15, 0.2) is 18.2 Å². The summed E-state index contributed by atoms with van der Waals surface area (Å²) in [5.74, 6) is -0.559. The molecule has 0 radical (unpaired) electrons. The molecule has 5 heteroatoms. The zero-order valence-electron chi connectivity index (χ0n) is 10.8. The van der Waals surface area contributed by atoms with Gasteiger partial charge in [0.1, 0.15) is 5.82 Å². The number of anilines is 1. The highest BCUT2D eigenvalue weighted by molar-refractivity contribution is 6.31. The normalized spacial score (nSPS) is 16.9. The number of rotatable bonds is 3. The molecule has 0 spiro atoms. The Kier molecular flexibility index (Phi) is 5.16. The number of carbonyl (C=O) groups is 1. The molecule has 1 N–H and O–H groups in total. The van der Waals surface area contributed by atoms with Crippen LogP contribution >= 0.6 is 11.6 Å². The third-order valence-corrected chi connectivity index (χ3v) is 3.56. The van der Waals surface area contributed by atoms with Gasteiger partial charge in [-0.15, -0.1) is 0 Å². The fourth-order valence-electron chi connectivity index (χ4n) is 2.27. The van der Waals surface area contributed by atoms with Gasteiger partial charge in [0.2, 0.25) is 5.91 Å². The van der Waals surface area contributed by atoms with Crippen molar-refractivity contribution in [2.24, 2.45) is 0 Å². The van der Waals surface area contributed by atoms with E-state index in [4.69, 9.17) is 11.6 Å². The standard InChI is InChI=1S/C14H18ClFN2O/c15-12-9-11(5-6-13(12)16)17-14(19)10-18-7-3-1-2-4-8-18/h5-6,9H,1-4,7-8,10H2,(H,17,19).